The van der Waals surface area contributed by atoms with Crippen molar-refractivity contribution in [3.8, 4) is 23.3 Å². The van der Waals surface area contributed by atoms with Gasteiger partial charge in [0, 0.05) is 6.42 Å². The smallest absolute Gasteiger partial charge is 0.261 e. The minimum Gasteiger partial charge on any atom is -0.493 e. The molecule has 0 aliphatic rings. The summed E-state index contributed by atoms with van der Waals surface area (Å²) in [6, 6.07) is 4.32. The third-order valence-electron chi connectivity index (χ3n) is 3.88. The van der Waals surface area contributed by atoms with E-state index >= 15 is 0 Å². The summed E-state index contributed by atoms with van der Waals surface area (Å²) < 4.78 is 36.8. The molecule has 0 fully saturated rings. The predicted molar refractivity (Wildman–Crippen MR) is 111 cm³/mol. The van der Waals surface area contributed by atoms with E-state index in [1.807, 2.05) is 6.92 Å². The van der Waals surface area contributed by atoms with Crippen LogP contribution in [-0.2, 0) is 26.3 Å². The van der Waals surface area contributed by atoms with E-state index in [-0.39, 0.29) is 24.9 Å². The van der Waals surface area contributed by atoms with E-state index in [1.165, 1.54) is 14.0 Å². The van der Waals surface area contributed by atoms with Gasteiger partial charge < -0.3 is 9.47 Å². The molecular weight excluding hydrogens is 396 g/mol. The normalized spacial score (nSPS) is 12.1. The van der Waals surface area contributed by atoms with Crippen LogP contribution in [0.1, 0.15) is 39.7 Å². The second-order valence-corrected chi connectivity index (χ2v) is 8.52. The second kappa shape index (κ2) is 12.3. The second-order valence-electron chi connectivity index (χ2n) is 6.48. The summed E-state index contributed by atoms with van der Waals surface area (Å²) in [4.78, 5) is 17.6. The first-order valence-electron chi connectivity index (χ1n) is 9.41. The van der Waals surface area contributed by atoms with Crippen molar-refractivity contribution in [1.29, 1.82) is 0 Å². The van der Waals surface area contributed by atoms with Crippen LogP contribution in [0.15, 0.2) is 18.2 Å². The number of hydrogen-bond acceptors (Lipinski definition) is 6. The van der Waals surface area contributed by atoms with Gasteiger partial charge in [-0.05, 0) is 30.5 Å². The van der Waals surface area contributed by atoms with Crippen LogP contribution in [0.5, 0.6) is 11.5 Å². The number of nitrogens with one attached hydrogen (secondary N) is 2. The highest BCUT2D eigenvalue weighted by atomic mass is 32.2. The SMILES string of the molecule is CCC#CCOc1ccc(CONC(=O)[C@@H](NS(=O)(=O)CC)C(C)C)cc1OC. The molecule has 29 heavy (non-hydrogen) atoms. The fourth-order valence-electron chi connectivity index (χ4n) is 2.23. The molecule has 0 aliphatic heterocycles. The molecule has 1 aromatic rings. The Hall–Kier alpha value is -2.28. The molecule has 0 saturated heterocycles. The van der Waals surface area contributed by atoms with E-state index in [0.717, 1.165) is 12.0 Å². The summed E-state index contributed by atoms with van der Waals surface area (Å²) in [5.74, 6) is 5.98. The van der Waals surface area contributed by atoms with Gasteiger partial charge in [0.15, 0.2) is 11.5 Å². The molecule has 0 bridgehead atoms. The fraction of sp³-hybridized carbons (Fsp3) is 0.550. The summed E-state index contributed by atoms with van der Waals surface area (Å²) in [6.45, 7) is 7.30. The van der Waals surface area contributed by atoms with E-state index in [4.69, 9.17) is 14.3 Å². The van der Waals surface area contributed by atoms with Crippen LogP contribution in [-0.4, -0.2) is 39.8 Å². The van der Waals surface area contributed by atoms with Crippen LogP contribution in [0, 0.1) is 17.8 Å². The van der Waals surface area contributed by atoms with Crippen molar-refractivity contribution in [3.63, 3.8) is 0 Å². The zero-order chi connectivity index (χ0) is 21.9. The van der Waals surface area contributed by atoms with E-state index in [1.54, 1.807) is 32.0 Å². The lowest BCUT2D eigenvalue weighted by atomic mass is 10.1. The first-order valence-corrected chi connectivity index (χ1v) is 11.1. The van der Waals surface area contributed by atoms with Gasteiger partial charge >= 0.3 is 0 Å². The number of carbonyl (C=O) groups is 1. The molecule has 162 valence electrons. The minimum atomic E-state index is -3.52. The van der Waals surface area contributed by atoms with E-state index in [0.29, 0.717) is 11.5 Å². The Labute approximate surface area is 173 Å². The van der Waals surface area contributed by atoms with Crippen molar-refractivity contribution in [3.05, 3.63) is 23.8 Å². The van der Waals surface area contributed by atoms with Crippen molar-refractivity contribution < 1.29 is 27.5 Å². The van der Waals surface area contributed by atoms with Gasteiger partial charge in [0.1, 0.15) is 12.6 Å². The molecule has 0 radical (unpaired) electrons. The van der Waals surface area contributed by atoms with Crippen LogP contribution in [0.25, 0.3) is 0 Å². The molecule has 2 N–H and O–H groups in total. The third-order valence-corrected chi connectivity index (χ3v) is 5.25. The number of rotatable bonds is 11. The number of hydrogen-bond donors (Lipinski definition) is 2. The van der Waals surface area contributed by atoms with Crippen LogP contribution in [0.4, 0.5) is 0 Å². The van der Waals surface area contributed by atoms with E-state index < -0.39 is 22.0 Å². The number of sulfonamides is 1. The van der Waals surface area contributed by atoms with Crippen LogP contribution in [0.2, 0.25) is 0 Å². The number of ether oxygens (including phenoxy) is 2. The number of benzene rings is 1. The Morgan fingerprint density at radius 2 is 1.90 bits per heavy atom. The van der Waals surface area contributed by atoms with Crippen LogP contribution >= 0.6 is 0 Å². The third kappa shape index (κ3) is 8.73. The first-order chi connectivity index (χ1) is 13.7. The number of methoxy groups -OCH3 is 1. The monoisotopic (exact) mass is 426 g/mol. The Morgan fingerprint density at radius 3 is 2.48 bits per heavy atom. The van der Waals surface area contributed by atoms with Crippen molar-refractivity contribution in [2.24, 2.45) is 5.92 Å². The molecular formula is C20H30N2O6S. The van der Waals surface area contributed by atoms with Gasteiger partial charge in [-0.1, -0.05) is 32.8 Å². The fourth-order valence-corrected chi connectivity index (χ4v) is 3.17. The van der Waals surface area contributed by atoms with Crippen LogP contribution < -0.4 is 19.7 Å². The minimum absolute atomic E-state index is 0.0728. The Kier molecular flexibility index (Phi) is 10.5. The van der Waals surface area contributed by atoms with Crippen molar-refractivity contribution in [1.82, 2.24) is 10.2 Å². The van der Waals surface area contributed by atoms with Gasteiger partial charge in [-0.15, -0.1) is 5.92 Å². The Bertz CT molecular complexity index is 827. The molecule has 0 unspecified atom stereocenters. The van der Waals surface area contributed by atoms with Gasteiger partial charge in [0.05, 0.1) is 19.5 Å². The van der Waals surface area contributed by atoms with Crippen molar-refractivity contribution in [2.45, 2.75) is 46.8 Å². The number of hydroxylamine groups is 1. The van der Waals surface area contributed by atoms with Crippen LogP contribution in [0.3, 0.4) is 0 Å². The van der Waals surface area contributed by atoms with Crippen molar-refractivity contribution in [2.75, 3.05) is 19.5 Å². The molecule has 1 aromatic carbocycles. The topological polar surface area (TPSA) is 103 Å². The lowest BCUT2D eigenvalue weighted by Gasteiger charge is -2.21. The lowest BCUT2D eigenvalue weighted by molar-refractivity contribution is -0.137. The quantitative estimate of drug-likeness (QED) is 0.414. The largest absolute Gasteiger partial charge is 0.493 e. The molecule has 9 heteroatoms. The Morgan fingerprint density at radius 1 is 1.17 bits per heavy atom. The zero-order valence-electron chi connectivity index (χ0n) is 17.6. The lowest BCUT2D eigenvalue weighted by Crippen LogP contribution is -2.49. The molecule has 0 heterocycles. The summed E-state index contributed by atoms with van der Waals surface area (Å²) in [7, 11) is -1.99. The van der Waals surface area contributed by atoms with Gasteiger partial charge in [-0.2, -0.15) is 0 Å². The molecule has 1 atom stereocenters. The standard InChI is InChI=1S/C20H30N2O6S/c1-6-8-9-12-27-17-11-10-16(13-18(17)26-5)14-28-21-20(23)19(15(3)4)22-29(24,25)7-2/h10-11,13,15,19,22H,6-7,12,14H2,1-5H3,(H,21,23)/t19-/m0/s1. The molecule has 8 nitrogen and oxygen atoms in total. The highest BCUT2D eigenvalue weighted by Crippen LogP contribution is 2.28. The maximum Gasteiger partial charge on any atom is 0.261 e. The molecule has 0 saturated carbocycles. The average molecular weight is 427 g/mol. The zero-order valence-corrected chi connectivity index (χ0v) is 18.4. The van der Waals surface area contributed by atoms with Gasteiger partial charge in [-0.25, -0.2) is 18.6 Å². The highest BCUT2D eigenvalue weighted by molar-refractivity contribution is 7.89. The number of amides is 1. The van der Waals surface area contributed by atoms with E-state index in [2.05, 4.69) is 22.0 Å². The molecule has 0 spiro atoms. The predicted octanol–water partition coefficient (Wildman–Crippen LogP) is 2.00. The highest BCUT2D eigenvalue weighted by Gasteiger charge is 2.26. The molecule has 1 rings (SSSR count). The van der Waals surface area contributed by atoms with Gasteiger partial charge in [0.25, 0.3) is 5.91 Å². The van der Waals surface area contributed by atoms with Gasteiger partial charge in [0.2, 0.25) is 10.0 Å². The maximum absolute atomic E-state index is 12.3. The maximum atomic E-state index is 12.3. The summed E-state index contributed by atoms with van der Waals surface area (Å²) in [5, 5.41) is 0. The Balaban J connectivity index is 2.66. The molecule has 0 aliphatic carbocycles. The van der Waals surface area contributed by atoms with E-state index in [9.17, 15) is 13.2 Å². The summed E-state index contributed by atoms with van der Waals surface area (Å²) in [6.07, 6.45) is 0.764. The average Bonchev–Trinajstić information content (AvgIpc) is 2.69. The molecule has 1 amide bonds. The van der Waals surface area contributed by atoms with Gasteiger partial charge in [-0.3, -0.25) is 9.63 Å². The first kappa shape index (κ1) is 24.8. The summed E-state index contributed by atoms with van der Waals surface area (Å²) >= 11 is 0. The molecule has 0 aromatic heterocycles. The number of carbonyl (C=O) groups excluding carboxylic acids is 1. The summed E-state index contributed by atoms with van der Waals surface area (Å²) in [5.41, 5.74) is 3.04. The van der Waals surface area contributed by atoms with Crippen molar-refractivity contribution >= 4 is 15.9 Å².